The lowest BCUT2D eigenvalue weighted by molar-refractivity contribution is 0.756. The zero-order valence-electron chi connectivity index (χ0n) is 5.73. The Hall–Kier alpha value is -0.940. The molecular formula is C6H7N3OS. The van der Waals surface area contributed by atoms with Crippen LogP contribution in [0, 0.1) is 4.77 Å². The molecule has 0 bridgehead atoms. The molecule has 0 amide bonds. The van der Waals surface area contributed by atoms with E-state index < -0.39 is 0 Å². The van der Waals surface area contributed by atoms with Gasteiger partial charge in [-0.25, -0.2) is 0 Å². The summed E-state index contributed by atoms with van der Waals surface area (Å²) in [6.45, 7) is 1.35. The Morgan fingerprint density at radius 3 is 2.91 bits per heavy atom. The van der Waals surface area contributed by atoms with Gasteiger partial charge in [-0.2, -0.15) is 0 Å². The zero-order valence-corrected chi connectivity index (χ0v) is 6.55. The zero-order chi connectivity index (χ0) is 7.84. The molecule has 1 aromatic rings. The van der Waals surface area contributed by atoms with E-state index in [1.807, 2.05) is 0 Å². The molecule has 5 heteroatoms. The van der Waals surface area contributed by atoms with Gasteiger partial charge in [0, 0.05) is 18.8 Å². The van der Waals surface area contributed by atoms with Crippen LogP contribution >= 0.6 is 12.2 Å². The number of rotatable bonds is 0. The second kappa shape index (κ2) is 2.28. The van der Waals surface area contributed by atoms with Crippen molar-refractivity contribution in [3.8, 4) is 0 Å². The molecule has 11 heavy (non-hydrogen) atoms. The average molecular weight is 169 g/mol. The molecule has 0 aliphatic carbocycles. The van der Waals surface area contributed by atoms with Gasteiger partial charge >= 0.3 is 0 Å². The van der Waals surface area contributed by atoms with Crippen LogP contribution in [-0.2, 0) is 13.1 Å². The molecule has 3 N–H and O–H groups in total. The average Bonchev–Trinajstić information content (AvgIpc) is 2.34. The number of fused-ring (bicyclic) bond motifs is 1. The number of hydrogen-bond acceptors (Lipinski definition) is 3. The third-order valence-corrected chi connectivity index (χ3v) is 1.94. The summed E-state index contributed by atoms with van der Waals surface area (Å²) in [5.74, 6) is 0. The lowest BCUT2D eigenvalue weighted by atomic mass is 10.3. The van der Waals surface area contributed by atoms with Gasteiger partial charge in [0.2, 0.25) is 0 Å². The van der Waals surface area contributed by atoms with E-state index in [4.69, 9.17) is 12.2 Å². The Kier molecular flexibility index (Phi) is 1.40. The van der Waals surface area contributed by atoms with Gasteiger partial charge in [-0.1, -0.05) is 0 Å². The third-order valence-electron chi connectivity index (χ3n) is 1.73. The number of H-pyrrole nitrogens is 2. The number of aromatic amines is 2. The van der Waals surface area contributed by atoms with Crippen LogP contribution in [0.25, 0.3) is 0 Å². The van der Waals surface area contributed by atoms with Gasteiger partial charge in [0.05, 0.1) is 5.56 Å². The van der Waals surface area contributed by atoms with Crippen LogP contribution in [-0.4, -0.2) is 9.97 Å². The first-order chi connectivity index (χ1) is 5.27. The van der Waals surface area contributed by atoms with Gasteiger partial charge in [-0.3, -0.25) is 9.78 Å². The first kappa shape index (κ1) is 6.75. The van der Waals surface area contributed by atoms with Crippen molar-refractivity contribution in [3.63, 3.8) is 0 Å². The van der Waals surface area contributed by atoms with E-state index in [0.717, 1.165) is 11.3 Å². The largest absolute Gasteiger partial charge is 0.334 e. The Balaban J connectivity index is 2.80. The molecule has 0 unspecified atom stereocenters. The van der Waals surface area contributed by atoms with E-state index in [1.165, 1.54) is 0 Å². The number of nitrogens with one attached hydrogen (secondary N) is 3. The topological polar surface area (TPSA) is 60.7 Å². The normalized spacial score (nSPS) is 14.9. The van der Waals surface area contributed by atoms with Crippen LogP contribution in [0.4, 0.5) is 0 Å². The standard InChI is InChI=1S/C6H7N3OS/c10-5-3-1-7-2-4(3)8-6(11)9-5/h7H,1-2H2,(H2,8,9,10,11). The van der Waals surface area contributed by atoms with E-state index in [1.54, 1.807) is 0 Å². The summed E-state index contributed by atoms with van der Waals surface area (Å²) < 4.78 is 0.400. The van der Waals surface area contributed by atoms with Crippen LogP contribution in [0.1, 0.15) is 11.3 Å². The van der Waals surface area contributed by atoms with Gasteiger partial charge in [-0.15, -0.1) is 0 Å². The lowest BCUT2D eigenvalue weighted by Crippen LogP contribution is -2.14. The van der Waals surface area contributed by atoms with E-state index in [0.29, 0.717) is 17.9 Å². The summed E-state index contributed by atoms with van der Waals surface area (Å²) in [5, 5.41) is 3.06. The quantitative estimate of drug-likeness (QED) is 0.480. The summed E-state index contributed by atoms with van der Waals surface area (Å²) in [6.07, 6.45) is 0. The summed E-state index contributed by atoms with van der Waals surface area (Å²) in [7, 11) is 0. The molecule has 1 aromatic heterocycles. The summed E-state index contributed by atoms with van der Waals surface area (Å²) in [4.78, 5) is 16.6. The minimum Gasteiger partial charge on any atom is -0.334 e. The van der Waals surface area contributed by atoms with Crippen molar-refractivity contribution in [1.82, 2.24) is 15.3 Å². The molecule has 2 heterocycles. The summed E-state index contributed by atoms with van der Waals surface area (Å²) in [6, 6.07) is 0. The Bertz CT molecular complexity index is 392. The predicted molar refractivity (Wildman–Crippen MR) is 42.8 cm³/mol. The molecule has 58 valence electrons. The highest BCUT2D eigenvalue weighted by Gasteiger charge is 2.13. The monoisotopic (exact) mass is 169 g/mol. The van der Waals surface area contributed by atoms with Crippen molar-refractivity contribution in [2.24, 2.45) is 0 Å². The molecule has 1 aliphatic rings. The molecule has 1 aliphatic heterocycles. The minimum absolute atomic E-state index is 0.0752. The maximum Gasteiger partial charge on any atom is 0.256 e. The molecule has 0 aromatic carbocycles. The van der Waals surface area contributed by atoms with Gasteiger partial charge in [0.25, 0.3) is 5.56 Å². The van der Waals surface area contributed by atoms with E-state index in [2.05, 4.69) is 15.3 Å². The van der Waals surface area contributed by atoms with Crippen molar-refractivity contribution in [2.45, 2.75) is 13.1 Å². The minimum atomic E-state index is -0.0752. The molecule has 0 saturated carbocycles. The number of aromatic nitrogens is 2. The van der Waals surface area contributed by atoms with Crippen molar-refractivity contribution in [1.29, 1.82) is 0 Å². The second-order valence-corrected chi connectivity index (χ2v) is 2.88. The maximum atomic E-state index is 11.1. The van der Waals surface area contributed by atoms with Crippen LogP contribution in [0.5, 0.6) is 0 Å². The van der Waals surface area contributed by atoms with Crippen molar-refractivity contribution >= 4 is 12.2 Å². The van der Waals surface area contributed by atoms with Crippen LogP contribution in [0.15, 0.2) is 4.79 Å². The molecular weight excluding hydrogens is 162 g/mol. The highest BCUT2D eigenvalue weighted by atomic mass is 32.1. The van der Waals surface area contributed by atoms with Crippen LogP contribution in [0.3, 0.4) is 0 Å². The first-order valence-electron chi connectivity index (χ1n) is 3.32. The van der Waals surface area contributed by atoms with E-state index in [-0.39, 0.29) is 5.56 Å². The Morgan fingerprint density at radius 1 is 1.27 bits per heavy atom. The third kappa shape index (κ3) is 1.02. The van der Waals surface area contributed by atoms with E-state index in [9.17, 15) is 4.79 Å². The van der Waals surface area contributed by atoms with Crippen LogP contribution < -0.4 is 10.9 Å². The molecule has 0 atom stereocenters. The summed E-state index contributed by atoms with van der Waals surface area (Å²) in [5.41, 5.74) is 1.62. The first-order valence-corrected chi connectivity index (χ1v) is 3.73. The molecule has 0 fully saturated rings. The fraction of sp³-hybridized carbons (Fsp3) is 0.333. The van der Waals surface area contributed by atoms with Crippen LogP contribution in [0.2, 0.25) is 0 Å². The summed E-state index contributed by atoms with van der Waals surface area (Å²) >= 11 is 4.80. The van der Waals surface area contributed by atoms with E-state index >= 15 is 0 Å². The predicted octanol–water partition coefficient (Wildman–Crippen LogP) is 0.0357. The van der Waals surface area contributed by atoms with Gasteiger partial charge in [0.1, 0.15) is 0 Å². The highest BCUT2D eigenvalue weighted by molar-refractivity contribution is 7.71. The van der Waals surface area contributed by atoms with Gasteiger partial charge < -0.3 is 10.3 Å². The smallest absolute Gasteiger partial charge is 0.256 e. The maximum absolute atomic E-state index is 11.1. The van der Waals surface area contributed by atoms with Gasteiger partial charge in [-0.05, 0) is 12.2 Å². The fourth-order valence-electron chi connectivity index (χ4n) is 1.21. The lowest BCUT2D eigenvalue weighted by Gasteiger charge is -1.94. The van der Waals surface area contributed by atoms with Crippen molar-refractivity contribution in [2.75, 3.05) is 0 Å². The van der Waals surface area contributed by atoms with Crippen molar-refractivity contribution in [3.05, 3.63) is 26.4 Å². The number of hydrogen-bond donors (Lipinski definition) is 3. The molecule has 4 nitrogen and oxygen atoms in total. The molecule has 0 saturated heterocycles. The molecule has 2 rings (SSSR count). The second-order valence-electron chi connectivity index (χ2n) is 2.47. The SMILES string of the molecule is O=c1[nH]c(=S)[nH]c2c1CNC2. The van der Waals surface area contributed by atoms with Crippen molar-refractivity contribution < 1.29 is 0 Å². The fourth-order valence-corrected chi connectivity index (χ4v) is 1.43. The van der Waals surface area contributed by atoms with Gasteiger partial charge in [0.15, 0.2) is 4.77 Å². The Labute approximate surface area is 67.7 Å². The molecule has 0 radical (unpaired) electrons. The highest BCUT2D eigenvalue weighted by Crippen LogP contribution is 2.05. The Morgan fingerprint density at radius 2 is 2.09 bits per heavy atom. The molecule has 0 spiro atoms.